The van der Waals surface area contributed by atoms with Crippen molar-refractivity contribution in [1.29, 1.82) is 0 Å². The number of nitrogens with zero attached hydrogens (tertiary/aromatic N) is 3. The molecule has 2 heterocycles. The Labute approximate surface area is 123 Å². The number of carboxylic acid groups (broad SMARTS) is 1. The van der Waals surface area contributed by atoms with Crippen molar-refractivity contribution < 1.29 is 9.90 Å². The molecule has 1 unspecified atom stereocenters. The number of carbonyl (C=O) groups is 1. The average molecular weight is 299 g/mol. The van der Waals surface area contributed by atoms with Gasteiger partial charge in [0.1, 0.15) is 16.5 Å². The molecule has 7 heteroatoms. The Kier molecular flexibility index (Phi) is 4.80. The highest BCUT2D eigenvalue weighted by Crippen LogP contribution is 2.17. The molecule has 0 spiro atoms. The van der Waals surface area contributed by atoms with Gasteiger partial charge in [-0.25, -0.2) is 9.78 Å². The standard InChI is InChI=1S/C13H19ClN4O2/c1-17-5-6-18(2)9(8-17)7-15-12-10(13(19)20)3-4-11(14)16-12/h3-4,9H,5-8H2,1-2H3,(H,15,16)(H,19,20). The molecule has 1 aromatic rings. The molecule has 0 amide bonds. The predicted molar refractivity (Wildman–Crippen MR) is 78.6 cm³/mol. The maximum atomic E-state index is 11.2. The van der Waals surface area contributed by atoms with E-state index in [9.17, 15) is 4.79 Å². The molecule has 0 aliphatic carbocycles. The number of hydrogen-bond acceptors (Lipinski definition) is 5. The lowest BCUT2D eigenvalue weighted by molar-refractivity contribution is 0.0697. The van der Waals surface area contributed by atoms with Crippen LogP contribution >= 0.6 is 11.6 Å². The Morgan fingerprint density at radius 3 is 2.95 bits per heavy atom. The molecule has 110 valence electrons. The van der Waals surface area contributed by atoms with Crippen LogP contribution in [0.5, 0.6) is 0 Å². The molecule has 0 radical (unpaired) electrons. The summed E-state index contributed by atoms with van der Waals surface area (Å²) >= 11 is 5.83. The van der Waals surface area contributed by atoms with Crippen molar-refractivity contribution in [2.75, 3.05) is 45.6 Å². The van der Waals surface area contributed by atoms with Crippen LogP contribution in [0, 0.1) is 0 Å². The van der Waals surface area contributed by atoms with Crippen LogP contribution in [-0.2, 0) is 0 Å². The van der Waals surface area contributed by atoms with Crippen molar-refractivity contribution in [2.24, 2.45) is 0 Å². The number of carboxylic acids is 1. The number of pyridine rings is 1. The Morgan fingerprint density at radius 1 is 1.50 bits per heavy atom. The van der Waals surface area contributed by atoms with Crippen LogP contribution in [0.1, 0.15) is 10.4 Å². The fraction of sp³-hybridized carbons (Fsp3) is 0.538. The van der Waals surface area contributed by atoms with E-state index in [2.05, 4.69) is 34.2 Å². The van der Waals surface area contributed by atoms with Gasteiger partial charge in [0.25, 0.3) is 0 Å². The van der Waals surface area contributed by atoms with Crippen molar-refractivity contribution >= 4 is 23.4 Å². The van der Waals surface area contributed by atoms with Gasteiger partial charge in [-0.2, -0.15) is 0 Å². The molecule has 1 aliphatic heterocycles. The van der Waals surface area contributed by atoms with E-state index in [1.807, 2.05) is 0 Å². The van der Waals surface area contributed by atoms with Crippen LogP contribution in [-0.4, -0.2) is 72.2 Å². The molecule has 2 N–H and O–H groups in total. The van der Waals surface area contributed by atoms with Gasteiger partial charge in [0.05, 0.1) is 0 Å². The Balaban J connectivity index is 2.06. The molecule has 1 aromatic heterocycles. The lowest BCUT2D eigenvalue weighted by Gasteiger charge is -2.37. The van der Waals surface area contributed by atoms with Crippen LogP contribution in [0.25, 0.3) is 0 Å². The highest BCUT2D eigenvalue weighted by atomic mass is 35.5. The average Bonchev–Trinajstić information content (AvgIpc) is 2.39. The summed E-state index contributed by atoms with van der Waals surface area (Å²) in [5, 5.41) is 12.5. The highest BCUT2D eigenvalue weighted by molar-refractivity contribution is 6.29. The van der Waals surface area contributed by atoms with E-state index in [0.717, 1.165) is 19.6 Å². The zero-order valence-corrected chi connectivity index (χ0v) is 12.4. The number of aromatic nitrogens is 1. The molecular weight excluding hydrogens is 280 g/mol. The first-order chi connectivity index (χ1) is 9.47. The minimum Gasteiger partial charge on any atom is -0.478 e. The van der Waals surface area contributed by atoms with Crippen molar-refractivity contribution in [3.8, 4) is 0 Å². The molecule has 6 nitrogen and oxygen atoms in total. The van der Waals surface area contributed by atoms with E-state index in [4.69, 9.17) is 16.7 Å². The van der Waals surface area contributed by atoms with Crippen LogP contribution in [0.15, 0.2) is 12.1 Å². The van der Waals surface area contributed by atoms with E-state index in [0.29, 0.717) is 18.4 Å². The topological polar surface area (TPSA) is 68.7 Å². The van der Waals surface area contributed by atoms with Crippen molar-refractivity contribution in [3.63, 3.8) is 0 Å². The van der Waals surface area contributed by atoms with Gasteiger partial charge in [0.2, 0.25) is 0 Å². The molecule has 1 saturated heterocycles. The SMILES string of the molecule is CN1CCN(C)C(CNc2nc(Cl)ccc2C(=O)O)C1. The molecule has 20 heavy (non-hydrogen) atoms. The number of rotatable bonds is 4. The van der Waals surface area contributed by atoms with Gasteiger partial charge in [0.15, 0.2) is 0 Å². The van der Waals surface area contributed by atoms with Gasteiger partial charge < -0.3 is 15.3 Å². The van der Waals surface area contributed by atoms with Gasteiger partial charge in [0, 0.05) is 32.2 Å². The monoisotopic (exact) mass is 298 g/mol. The molecule has 1 fully saturated rings. The fourth-order valence-corrected chi connectivity index (χ4v) is 2.43. The fourth-order valence-electron chi connectivity index (χ4n) is 2.28. The summed E-state index contributed by atoms with van der Waals surface area (Å²) in [6.45, 7) is 3.61. The smallest absolute Gasteiger partial charge is 0.339 e. The van der Waals surface area contributed by atoms with Crippen LogP contribution < -0.4 is 5.32 Å². The first-order valence-electron chi connectivity index (χ1n) is 6.50. The molecular formula is C13H19ClN4O2. The lowest BCUT2D eigenvalue weighted by atomic mass is 10.2. The summed E-state index contributed by atoms with van der Waals surface area (Å²) in [4.78, 5) is 19.7. The number of aromatic carboxylic acids is 1. The van der Waals surface area contributed by atoms with E-state index in [1.54, 1.807) is 0 Å². The number of likely N-dealkylation sites (N-methyl/N-ethyl adjacent to an activating group) is 2. The van der Waals surface area contributed by atoms with Gasteiger partial charge in [-0.05, 0) is 26.2 Å². The summed E-state index contributed by atoms with van der Waals surface area (Å²) in [6.07, 6.45) is 0. The van der Waals surface area contributed by atoms with Crippen molar-refractivity contribution in [1.82, 2.24) is 14.8 Å². The maximum absolute atomic E-state index is 11.2. The summed E-state index contributed by atoms with van der Waals surface area (Å²) in [6, 6.07) is 3.27. The van der Waals surface area contributed by atoms with Gasteiger partial charge >= 0.3 is 5.97 Å². The maximum Gasteiger partial charge on any atom is 0.339 e. The predicted octanol–water partition coefficient (Wildman–Crippen LogP) is 1.09. The Morgan fingerprint density at radius 2 is 2.25 bits per heavy atom. The van der Waals surface area contributed by atoms with Crippen molar-refractivity contribution in [3.05, 3.63) is 22.8 Å². The molecule has 1 atom stereocenters. The van der Waals surface area contributed by atoms with E-state index in [-0.39, 0.29) is 10.7 Å². The quantitative estimate of drug-likeness (QED) is 0.811. The zero-order valence-electron chi connectivity index (χ0n) is 11.6. The third-order valence-electron chi connectivity index (χ3n) is 3.58. The number of halogens is 1. The first-order valence-corrected chi connectivity index (χ1v) is 6.87. The molecule has 0 aromatic carbocycles. The van der Waals surface area contributed by atoms with E-state index >= 15 is 0 Å². The summed E-state index contributed by atoms with van der Waals surface area (Å²) < 4.78 is 0. The second-order valence-corrected chi connectivity index (χ2v) is 5.50. The van der Waals surface area contributed by atoms with E-state index in [1.165, 1.54) is 12.1 Å². The summed E-state index contributed by atoms with van der Waals surface area (Å²) in [5.41, 5.74) is 0.140. The number of nitrogens with one attached hydrogen (secondary N) is 1. The number of anilines is 1. The minimum absolute atomic E-state index is 0.140. The first kappa shape index (κ1) is 15.0. The van der Waals surface area contributed by atoms with Crippen LogP contribution in [0.4, 0.5) is 5.82 Å². The number of piperazine rings is 1. The molecule has 2 rings (SSSR count). The summed E-state index contributed by atoms with van der Waals surface area (Å²) in [7, 11) is 4.16. The second-order valence-electron chi connectivity index (χ2n) is 5.11. The van der Waals surface area contributed by atoms with Crippen LogP contribution in [0.2, 0.25) is 5.15 Å². The Bertz CT molecular complexity index is 497. The normalized spacial score (nSPS) is 20.9. The van der Waals surface area contributed by atoms with Gasteiger partial charge in [-0.15, -0.1) is 0 Å². The Hall–Kier alpha value is -1.37. The zero-order chi connectivity index (χ0) is 14.7. The minimum atomic E-state index is -1.01. The molecule has 0 saturated carbocycles. The third kappa shape index (κ3) is 3.59. The molecule has 1 aliphatic rings. The van der Waals surface area contributed by atoms with Gasteiger partial charge in [-0.1, -0.05) is 11.6 Å². The largest absolute Gasteiger partial charge is 0.478 e. The third-order valence-corrected chi connectivity index (χ3v) is 3.79. The summed E-state index contributed by atoms with van der Waals surface area (Å²) in [5.74, 6) is -0.683. The number of hydrogen-bond donors (Lipinski definition) is 2. The highest BCUT2D eigenvalue weighted by Gasteiger charge is 2.22. The van der Waals surface area contributed by atoms with E-state index < -0.39 is 5.97 Å². The lowest BCUT2D eigenvalue weighted by Crippen LogP contribution is -2.52. The van der Waals surface area contributed by atoms with Crippen molar-refractivity contribution in [2.45, 2.75) is 6.04 Å². The second kappa shape index (κ2) is 6.39. The van der Waals surface area contributed by atoms with Crippen LogP contribution in [0.3, 0.4) is 0 Å². The molecule has 0 bridgehead atoms. The van der Waals surface area contributed by atoms with Gasteiger partial charge in [-0.3, -0.25) is 4.90 Å².